The molecule has 0 bridgehead atoms. The van der Waals surface area contributed by atoms with Crippen LogP contribution >= 0.6 is 23.8 Å². The van der Waals surface area contributed by atoms with Crippen LogP contribution in [0.4, 0.5) is 5.69 Å². The summed E-state index contributed by atoms with van der Waals surface area (Å²) >= 11 is 11.1. The third-order valence-electron chi connectivity index (χ3n) is 3.60. The molecule has 1 aliphatic heterocycles. The SMILES string of the molecule is CC(Nc1ccc(C(N)=S)c(Cl)c1)C1CCOCC1. The highest BCUT2D eigenvalue weighted by Crippen LogP contribution is 2.25. The van der Waals surface area contributed by atoms with E-state index in [0.717, 1.165) is 37.3 Å². The molecule has 1 saturated heterocycles. The predicted molar refractivity (Wildman–Crippen MR) is 84.0 cm³/mol. The Kier molecular flexibility index (Phi) is 5.02. The Morgan fingerprint density at radius 3 is 2.74 bits per heavy atom. The minimum Gasteiger partial charge on any atom is -0.389 e. The molecule has 1 fully saturated rings. The van der Waals surface area contributed by atoms with Gasteiger partial charge in [-0.1, -0.05) is 23.8 Å². The predicted octanol–water partition coefficient (Wildman–Crippen LogP) is 3.20. The van der Waals surface area contributed by atoms with Gasteiger partial charge in [-0.3, -0.25) is 0 Å². The second-order valence-corrected chi connectivity index (χ2v) is 5.79. The topological polar surface area (TPSA) is 47.3 Å². The zero-order chi connectivity index (χ0) is 13.8. The van der Waals surface area contributed by atoms with Crippen LogP contribution in [0.5, 0.6) is 0 Å². The van der Waals surface area contributed by atoms with Crippen molar-refractivity contribution in [3.05, 3.63) is 28.8 Å². The fraction of sp³-hybridized carbons (Fsp3) is 0.500. The van der Waals surface area contributed by atoms with Crippen LogP contribution in [0.25, 0.3) is 0 Å². The summed E-state index contributed by atoms with van der Waals surface area (Å²) in [6.45, 7) is 3.92. The number of halogens is 1. The number of hydrogen-bond donors (Lipinski definition) is 2. The minimum atomic E-state index is 0.328. The number of hydrogen-bond acceptors (Lipinski definition) is 3. The van der Waals surface area contributed by atoms with Gasteiger partial charge in [-0.25, -0.2) is 0 Å². The van der Waals surface area contributed by atoms with Crippen molar-refractivity contribution in [1.82, 2.24) is 0 Å². The van der Waals surface area contributed by atoms with Gasteiger partial charge in [0.1, 0.15) is 4.99 Å². The number of ether oxygens (including phenoxy) is 1. The van der Waals surface area contributed by atoms with E-state index in [9.17, 15) is 0 Å². The van der Waals surface area contributed by atoms with E-state index in [1.807, 2.05) is 18.2 Å². The normalized spacial score (nSPS) is 18.0. The largest absolute Gasteiger partial charge is 0.389 e. The Labute approximate surface area is 124 Å². The maximum atomic E-state index is 6.17. The van der Waals surface area contributed by atoms with Crippen molar-refractivity contribution in [1.29, 1.82) is 0 Å². The molecule has 5 heteroatoms. The van der Waals surface area contributed by atoms with Crippen LogP contribution in [0.2, 0.25) is 5.02 Å². The summed E-state index contributed by atoms with van der Waals surface area (Å²) in [6, 6.07) is 6.11. The lowest BCUT2D eigenvalue weighted by Crippen LogP contribution is -2.31. The van der Waals surface area contributed by atoms with Crippen LogP contribution in [-0.4, -0.2) is 24.2 Å². The summed E-state index contributed by atoms with van der Waals surface area (Å²) in [6.07, 6.45) is 2.21. The lowest BCUT2D eigenvalue weighted by atomic mass is 9.93. The van der Waals surface area contributed by atoms with E-state index in [1.54, 1.807) is 0 Å². The van der Waals surface area contributed by atoms with E-state index in [-0.39, 0.29) is 0 Å². The van der Waals surface area contributed by atoms with Crippen LogP contribution in [0.1, 0.15) is 25.3 Å². The first-order chi connectivity index (χ1) is 9.08. The third kappa shape index (κ3) is 3.81. The molecule has 1 aromatic rings. The number of thiocarbonyl (C=S) groups is 1. The van der Waals surface area contributed by atoms with Crippen molar-refractivity contribution < 1.29 is 4.74 Å². The lowest BCUT2D eigenvalue weighted by molar-refractivity contribution is 0.0622. The van der Waals surface area contributed by atoms with Crippen LogP contribution in [0.3, 0.4) is 0 Å². The zero-order valence-electron chi connectivity index (χ0n) is 11.0. The number of nitrogens with two attached hydrogens (primary N) is 1. The molecule has 0 aromatic heterocycles. The average Bonchev–Trinajstić information content (AvgIpc) is 2.39. The van der Waals surface area contributed by atoms with Gasteiger partial charge < -0.3 is 15.8 Å². The fourth-order valence-electron chi connectivity index (χ4n) is 2.40. The Hall–Kier alpha value is -0.840. The van der Waals surface area contributed by atoms with Gasteiger partial charge in [0.15, 0.2) is 0 Å². The van der Waals surface area contributed by atoms with E-state index in [1.165, 1.54) is 0 Å². The van der Waals surface area contributed by atoms with Crippen LogP contribution < -0.4 is 11.1 Å². The van der Waals surface area contributed by atoms with Crippen LogP contribution in [0.15, 0.2) is 18.2 Å². The molecule has 1 atom stereocenters. The summed E-state index contributed by atoms with van der Waals surface area (Å²) < 4.78 is 5.38. The summed E-state index contributed by atoms with van der Waals surface area (Å²) in [5.41, 5.74) is 7.32. The summed E-state index contributed by atoms with van der Waals surface area (Å²) in [7, 11) is 0. The van der Waals surface area contributed by atoms with Gasteiger partial charge in [-0.2, -0.15) is 0 Å². The Morgan fingerprint density at radius 1 is 1.47 bits per heavy atom. The second-order valence-electron chi connectivity index (χ2n) is 4.94. The molecule has 1 aliphatic rings. The second kappa shape index (κ2) is 6.55. The van der Waals surface area contributed by atoms with Gasteiger partial charge in [0.05, 0.1) is 5.02 Å². The van der Waals surface area contributed by atoms with Crippen molar-refractivity contribution in [3.63, 3.8) is 0 Å². The summed E-state index contributed by atoms with van der Waals surface area (Å²) in [5.74, 6) is 0.641. The van der Waals surface area contributed by atoms with Gasteiger partial charge >= 0.3 is 0 Å². The third-order valence-corrected chi connectivity index (χ3v) is 4.13. The molecule has 0 radical (unpaired) electrons. The molecule has 19 heavy (non-hydrogen) atoms. The number of nitrogens with one attached hydrogen (secondary N) is 1. The highest BCUT2D eigenvalue weighted by molar-refractivity contribution is 7.80. The van der Waals surface area contributed by atoms with Crippen molar-refractivity contribution in [2.24, 2.45) is 11.7 Å². The molecule has 0 saturated carbocycles. The maximum absolute atomic E-state index is 6.17. The first-order valence-corrected chi connectivity index (χ1v) is 7.30. The van der Waals surface area contributed by atoms with Crippen molar-refractivity contribution >= 4 is 34.5 Å². The standard InChI is InChI=1S/C14H19ClN2OS/c1-9(10-4-6-18-7-5-10)17-11-2-3-12(14(16)19)13(15)8-11/h2-3,8-10,17H,4-7H2,1H3,(H2,16,19). The molecule has 2 rings (SSSR count). The molecule has 1 aromatic carbocycles. The minimum absolute atomic E-state index is 0.328. The molecular weight excluding hydrogens is 280 g/mol. The van der Waals surface area contributed by atoms with E-state index < -0.39 is 0 Å². The number of benzene rings is 1. The van der Waals surface area contributed by atoms with Crippen molar-refractivity contribution in [3.8, 4) is 0 Å². The smallest absolute Gasteiger partial charge is 0.105 e. The van der Waals surface area contributed by atoms with Gasteiger partial charge in [-0.05, 0) is 43.9 Å². The van der Waals surface area contributed by atoms with Gasteiger partial charge in [-0.15, -0.1) is 0 Å². The quantitative estimate of drug-likeness (QED) is 0.838. The summed E-state index contributed by atoms with van der Waals surface area (Å²) in [5, 5.41) is 4.09. The molecule has 0 aliphatic carbocycles. The van der Waals surface area contributed by atoms with Gasteiger partial charge in [0, 0.05) is 30.5 Å². The first kappa shape index (κ1) is 14.6. The fourth-order valence-corrected chi connectivity index (χ4v) is 2.92. The molecule has 3 N–H and O–H groups in total. The molecule has 104 valence electrons. The van der Waals surface area contributed by atoms with Gasteiger partial charge in [0.25, 0.3) is 0 Å². The first-order valence-electron chi connectivity index (χ1n) is 6.51. The molecule has 0 amide bonds. The molecule has 1 unspecified atom stereocenters. The monoisotopic (exact) mass is 298 g/mol. The highest BCUT2D eigenvalue weighted by atomic mass is 35.5. The molecule has 3 nitrogen and oxygen atoms in total. The maximum Gasteiger partial charge on any atom is 0.105 e. The molecule has 0 spiro atoms. The Morgan fingerprint density at radius 2 is 2.16 bits per heavy atom. The Bertz CT molecular complexity index is 461. The van der Waals surface area contributed by atoms with E-state index >= 15 is 0 Å². The summed E-state index contributed by atoms with van der Waals surface area (Å²) in [4.78, 5) is 0.328. The van der Waals surface area contributed by atoms with Crippen molar-refractivity contribution in [2.75, 3.05) is 18.5 Å². The van der Waals surface area contributed by atoms with Crippen LogP contribution in [-0.2, 0) is 4.74 Å². The highest BCUT2D eigenvalue weighted by Gasteiger charge is 2.20. The zero-order valence-corrected chi connectivity index (χ0v) is 12.6. The van der Waals surface area contributed by atoms with E-state index in [4.69, 9.17) is 34.3 Å². The van der Waals surface area contributed by atoms with E-state index in [2.05, 4.69) is 12.2 Å². The van der Waals surface area contributed by atoms with Crippen LogP contribution in [0, 0.1) is 5.92 Å². The number of anilines is 1. The molecule has 1 heterocycles. The Balaban J connectivity index is 2.02. The average molecular weight is 299 g/mol. The van der Waals surface area contributed by atoms with Gasteiger partial charge in [0.2, 0.25) is 0 Å². The van der Waals surface area contributed by atoms with Crippen molar-refractivity contribution in [2.45, 2.75) is 25.8 Å². The molecular formula is C14H19ClN2OS. The van der Waals surface area contributed by atoms with E-state index in [0.29, 0.717) is 22.0 Å². The number of rotatable bonds is 4. The lowest BCUT2D eigenvalue weighted by Gasteiger charge is -2.29.